The summed E-state index contributed by atoms with van der Waals surface area (Å²) in [6.45, 7) is 0. The monoisotopic (exact) mass is 139 g/mol. The molecule has 0 aliphatic heterocycles. The van der Waals surface area contributed by atoms with E-state index in [1.54, 1.807) is 0 Å². The zero-order valence-corrected chi connectivity index (χ0v) is 5.72. The third-order valence-corrected chi connectivity index (χ3v) is 0.169. The molecule has 6 heavy (non-hydrogen) atoms. The Kier molecular flexibility index (Phi) is 9.48. The van der Waals surface area contributed by atoms with E-state index in [1.165, 1.54) is 0 Å². The van der Waals surface area contributed by atoms with Crippen molar-refractivity contribution in [3.8, 4) is 0 Å². The molecule has 0 saturated carbocycles. The van der Waals surface area contributed by atoms with Crippen LogP contribution in [0.15, 0.2) is 0 Å². The molecule has 6 heteroatoms. The van der Waals surface area contributed by atoms with Crippen molar-refractivity contribution in [3.63, 3.8) is 0 Å². The quantitative estimate of drug-likeness (QED) is 0.296. The van der Waals surface area contributed by atoms with Gasteiger partial charge in [-0.25, -0.2) is 0 Å². The van der Waals surface area contributed by atoms with Gasteiger partial charge in [0.25, 0.3) is 0 Å². The summed E-state index contributed by atoms with van der Waals surface area (Å²) >= 11 is 4.14. The number of hydrogen-bond donors (Lipinski definition) is 0. The van der Waals surface area contributed by atoms with E-state index < -0.39 is 5.09 Å². The third kappa shape index (κ3) is 8.83. The molecule has 0 aliphatic rings. The fourth-order valence-corrected chi connectivity index (χ4v) is 0. The first kappa shape index (κ1) is 9.89. The van der Waals surface area contributed by atoms with Crippen molar-refractivity contribution in [1.29, 1.82) is 0 Å². The van der Waals surface area contributed by atoms with Gasteiger partial charge in [0.2, 0.25) is 0 Å². The Balaban J connectivity index is -0.0000000267. The molecule has 0 fully saturated rings. The summed E-state index contributed by atoms with van der Waals surface area (Å²) in [5, 5.41) is 7.71. The van der Waals surface area contributed by atoms with Crippen LogP contribution >= 0.6 is 11.9 Å². The topological polar surface area (TPSA) is 52.4 Å². The maximum absolute atomic E-state index is 8.82. The van der Waals surface area contributed by atoms with E-state index in [0.717, 1.165) is 0 Å². The minimum atomic E-state index is -1.11. The van der Waals surface area contributed by atoms with Gasteiger partial charge in [-0.15, -0.1) is 10.1 Å². The summed E-state index contributed by atoms with van der Waals surface area (Å²) in [7, 11) is 0. The molecular formula is H2CaClNO3. The fraction of sp³-hybridized carbons (Fsp3) is 0. The van der Waals surface area contributed by atoms with Gasteiger partial charge in [-0.05, 0) is 0 Å². The minimum absolute atomic E-state index is 0. The van der Waals surface area contributed by atoms with Gasteiger partial charge in [-0.3, -0.25) is 0 Å². The van der Waals surface area contributed by atoms with Gasteiger partial charge in [0.15, 0.2) is 0 Å². The van der Waals surface area contributed by atoms with E-state index >= 15 is 0 Å². The van der Waals surface area contributed by atoms with Crippen LogP contribution in [0.4, 0.5) is 0 Å². The molecule has 0 amide bonds. The van der Waals surface area contributed by atoms with Gasteiger partial charge < -0.3 is 2.85 Å². The van der Waals surface area contributed by atoms with Crippen LogP contribution in [0.2, 0.25) is 0 Å². The zero-order valence-electron chi connectivity index (χ0n) is 4.76. The molecule has 0 unspecified atom stereocenters. The standard InChI is InChI=1S/Ca.ClNO3.2H/c;1-5-2(3)4;;/q+2;;2*-1. The van der Waals surface area contributed by atoms with Crippen molar-refractivity contribution in [2.45, 2.75) is 0 Å². The predicted octanol–water partition coefficient (Wildman–Crippen LogP) is 0.193. The second-order valence-corrected chi connectivity index (χ2v) is 0.431. The molecule has 0 radical (unpaired) electrons. The smallest absolute Gasteiger partial charge is 1.00 e. The first-order chi connectivity index (χ1) is 2.27. The Bertz CT molecular complexity index is 52.5. The van der Waals surface area contributed by atoms with Crippen molar-refractivity contribution in [1.82, 2.24) is 0 Å². The van der Waals surface area contributed by atoms with Crippen LogP contribution in [-0.2, 0) is 4.39 Å². The van der Waals surface area contributed by atoms with Crippen LogP contribution in [0, 0.1) is 10.1 Å². The predicted molar refractivity (Wildman–Crippen MR) is 21.9 cm³/mol. The van der Waals surface area contributed by atoms with Crippen molar-refractivity contribution < 1.29 is 12.3 Å². The average Bonchev–Trinajstić information content (AvgIpc) is 1.38. The van der Waals surface area contributed by atoms with E-state index in [4.69, 9.17) is 10.1 Å². The minimum Gasteiger partial charge on any atom is -1.00 e. The van der Waals surface area contributed by atoms with Crippen LogP contribution in [0.5, 0.6) is 0 Å². The number of nitrogens with zero attached hydrogens (tertiary/aromatic N) is 1. The molecule has 0 rings (SSSR count). The molecule has 34 valence electrons. The van der Waals surface area contributed by atoms with Gasteiger partial charge in [-0.2, -0.15) is 4.39 Å². The number of hydrogen-bond acceptors (Lipinski definition) is 3. The maximum Gasteiger partial charge on any atom is 2.00 e. The van der Waals surface area contributed by atoms with Crippen molar-refractivity contribution in [3.05, 3.63) is 10.1 Å². The van der Waals surface area contributed by atoms with Crippen LogP contribution in [0.3, 0.4) is 0 Å². The molecule has 0 saturated heterocycles. The van der Waals surface area contributed by atoms with Crippen LogP contribution in [0.25, 0.3) is 0 Å². The van der Waals surface area contributed by atoms with Crippen LogP contribution in [0.1, 0.15) is 2.85 Å². The average molecular weight is 140 g/mol. The number of rotatable bonds is 1. The largest absolute Gasteiger partial charge is 2.00 e. The molecule has 0 aromatic heterocycles. The molecule has 0 aromatic carbocycles. The van der Waals surface area contributed by atoms with Crippen molar-refractivity contribution >= 4 is 49.6 Å². The van der Waals surface area contributed by atoms with E-state index in [0.29, 0.717) is 0 Å². The summed E-state index contributed by atoms with van der Waals surface area (Å²) in [6.07, 6.45) is 0. The van der Waals surface area contributed by atoms with Gasteiger partial charge in [0.1, 0.15) is 11.9 Å². The Hall–Kier alpha value is 0.750. The molecular weight excluding hydrogens is 138 g/mol. The third-order valence-electron chi connectivity index (χ3n) is 0.0563. The van der Waals surface area contributed by atoms with Crippen molar-refractivity contribution in [2.24, 2.45) is 0 Å². The first-order valence-corrected chi connectivity index (χ1v) is 1.01. The molecule has 0 aliphatic carbocycles. The molecule has 4 nitrogen and oxygen atoms in total. The summed E-state index contributed by atoms with van der Waals surface area (Å²) in [5.41, 5.74) is 0. The summed E-state index contributed by atoms with van der Waals surface area (Å²) in [6, 6.07) is 0. The second kappa shape index (κ2) is 5.75. The molecule has 0 N–H and O–H groups in total. The first-order valence-electron chi connectivity index (χ1n) is 0.702. The van der Waals surface area contributed by atoms with Gasteiger partial charge in [0.05, 0.1) is 0 Å². The SMILES string of the molecule is O=[N+]([O-])OCl.[Ca+2].[H-].[H-]. The summed E-state index contributed by atoms with van der Waals surface area (Å²) < 4.78 is 2.94. The zero-order chi connectivity index (χ0) is 4.28. The molecule has 0 atom stereocenters. The Morgan fingerprint density at radius 3 is 2.17 bits per heavy atom. The normalized spacial score (nSPS) is 5.50. The Morgan fingerprint density at radius 1 is 2.00 bits per heavy atom. The molecule has 0 heterocycles. The maximum atomic E-state index is 8.82. The van der Waals surface area contributed by atoms with E-state index in [1.807, 2.05) is 0 Å². The Labute approximate surface area is 71.7 Å². The Morgan fingerprint density at radius 2 is 2.17 bits per heavy atom. The summed E-state index contributed by atoms with van der Waals surface area (Å²) in [4.78, 5) is 8.82. The van der Waals surface area contributed by atoms with Crippen LogP contribution < -0.4 is 0 Å². The molecule has 0 aromatic rings. The van der Waals surface area contributed by atoms with E-state index in [-0.39, 0.29) is 40.6 Å². The van der Waals surface area contributed by atoms with Gasteiger partial charge in [0, 0.05) is 0 Å². The van der Waals surface area contributed by atoms with E-state index in [9.17, 15) is 0 Å². The molecule has 0 spiro atoms. The van der Waals surface area contributed by atoms with Gasteiger partial charge >= 0.3 is 42.8 Å². The summed E-state index contributed by atoms with van der Waals surface area (Å²) in [5.74, 6) is 0. The number of halogens is 1. The van der Waals surface area contributed by atoms with Crippen LogP contribution in [-0.4, -0.2) is 42.8 Å². The van der Waals surface area contributed by atoms with Gasteiger partial charge in [-0.1, -0.05) is 0 Å². The second-order valence-electron chi connectivity index (χ2n) is 0.293. The molecule has 0 bridgehead atoms. The van der Waals surface area contributed by atoms with Crippen molar-refractivity contribution in [2.75, 3.05) is 0 Å². The van der Waals surface area contributed by atoms with E-state index in [2.05, 4.69) is 16.3 Å². The fourth-order valence-electron chi connectivity index (χ4n) is 0.